The summed E-state index contributed by atoms with van der Waals surface area (Å²) in [4.78, 5) is 16.8. The maximum atomic E-state index is 13.0. The van der Waals surface area contributed by atoms with Crippen molar-refractivity contribution in [1.29, 1.82) is 0 Å². The van der Waals surface area contributed by atoms with E-state index >= 15 is 0 Å². The summed E-state index contributed by atoms with van der Waals surface area (Å²) in [6.45, 7) is 3.40. The largest absolute Gasteiger partial charge is 0.465 e. The molecule has 3 rings (SSSR count). The Balaban J connectivity index is 1.72. The monoisotopic (exact) mass is 348 g/mol. The van der Waals surface area contributed by atoms with Crippen LogP contribution in [-0.4, -0.2) is 24.4 Å². The van der Waals surface area contributed by atoms with Gasteiger partial charge in [0, 0.05) is 5.69 Å². The number of carbonyl (C=O) groups excluding carboxylic acids is 1. The molecule has 1 aromatic heterocycles. The van der Waals surface area contributed by atoms with E-state index in [1.54, 1.807) is 0 Å². The lowest BCUT2D eigenvalue weighted by atomic mass is 10.2. The van der Waals surface area contributed by atoms with Crippen LogP contribution in [0.1, 0.15) is 17.1 Å². The molecule has 0 radical (unpaired) electrons. The Kier molecular flexibility index (Phi) is 5.87. The first kappa shape index (κ1) is 18.0. The van der Waals surface area contributed by atoms with Crippen molar-refractivity contribution in [3.05, 3.63) is 89.9 Å². The van der Waals surface area contributed by atoms with Crippen LogP contribution in [0.25, 0.3) is 0 Å². The van der Waals surface area contributed by atoms with Crippen LogP contribution in [0.3, 0.4) is 0 Å². The van der Waals surface area contributed by atoms with Gasteiger partial charge in [0.25, 0.3) is 0 Å². The molecule has 0 bridgehead atoms. The molecule has 0 aliphatic heterocycles. The van der Waals surface area contributed by atoms with E-state index in [0.717, 1.165) is 22.8 Å². The van der Waals surface area contributed by atoms with Crippen molar-refractivity contribution < 1.29 is 9.21 Å². The highest BCUT2D eigenvalue weighted by Gasteiger charge is 2.18. The SMILES string of the molecule is Cc1ccc(CN(C)CC(=O)N(Cc2ccccc2)c2ccccc2)o1. The lowest BCUT2D eigenvalue weighted by molar-refractivity contribution is -0.119. The van der Waals surface area contributed by atoms with Gasteiger partial charge in [-0.2, -0.15) is 0 Å². The summed E-state index contributed by atoms with van der Waals surface area (Å²) < 4.78 is 5.61. The summed E-state index contributed by atoms with van der Waals surface area (Å²) in [6, 6.07) is 23.8. The fraction of sp³-hybridized carbons (Fsp3) is 0.227. The summed E-state index contributed by atoms with van der Waals surface area (Å²) in [5.74, 6) is 1.81. The fourth-order valence-corrected chi connectivity index (χ4v) is 2.91. The van der Waals surface area contributed by atoms with Crippen molar-refractivity contribution >= 4 is 11.6 Å². The third kappa shape index (κ3) is 4.83. The van der Waals surface area contributed by atoms with E-state index in [-0.39, 0.29) is 5.91 Å². The van der Waals surface area contributed by atoms with Gasteiger partial charge in [0.15, 0.2) is 0 Å². The van der Waals surface area contributed by atoms with Gasteiger partial charge in [-0.15, -0.1) is 0 Å². The zero-order valence-electron chi connectivity index (χ0n) is 15.3. The van der Waals surface area contributed by atoms with Crippen LogP contribution in [0.2, 0.25) is 0 Å². The summed E-state index contributed by atoms with van der Waals surface area (Å²) in [5.41, 5.74) is 2.01. The molecule has 0 fully saturated rings. The number of furan rings is 1. The Bertz CT molecular complexity index is 828. The lowest BCUT2D eigenvalue weighted by Crippen LogP contribution is -2.38. The van der Waals surface area contributed by atoms with E-state index in [4.69, 9.17) is 4.42 Å². The van der Waals surface area contributed by atoms with Gasteiger partial charge in [0.2, 0.25) is 5.91 Å². The van der Waals surface area contributed by atoms with Gasteiger partial charge in [-0.3, -0.25) is 9.69 Å². The quantitative estimate of drug-likeness (QED) is 0.640. The molecule has 134 valence electrons. The Hall–Kier alpha value is -2.85. The van der Waals surface area contributed by atoms with Gasteiger partial charge in [-0.05, 0) is 43.8 Å². The first-order valence-corrected chi connectivity index (χ1v) is 8.75. The number of rotatable bonds is 7. The number of nitrogens with zero attached hydrogens (tertiary/aromatic N) is 2. The molecule has 1 heterocycles. The molecule has 0 aliphatic rings. The molecule has 2 aromatic carbocycles. The highest BCUT2D eigenvalue weighted by atomic mass is 16.3. The zero-order valence-corrected chi connectivity index (χ0v) is 15.3. The standard InChI is InChI=1S/C22H24N2O2/c1-18-13-14-21(26-18)16-23(2)17-22(25)24(20-11-7-4-8-12-20)15-19-9-5-3-6-10-19/h3-14H,15-17H2,1-2H3. The second kappa shape index (κ2) is 8.50. The average Bonchev–Trinajstić information content (AvgIpc) is 3.05. The second-order valence-electron chi connectivity index (χ2n) is 6.49. The third-order valence-corrected chi connectivity index (χ3v) is 4.18. The van der Waals surface area contributed by atoms with Crippen LogP contribution in [0.15, 0.2) is 77.2 Å². The predicted octanol–water partition coefficient (Wildman–Crippen LogP) is 4.25. The number of hydrogen-bond donors (Lipinski definition) is 0. The summed E-state index contributed by atoms with van der Waals surface area (Å²) in [6.07, 6.45) is 0. The first-order chi connectivity index (χ1) is 12.6. The highest BCUT2D eigenvalue weighted by Crippen LogP contribution is 2.18. The van der Waals surface area contributed by atoms with Crippen molar-refractivity contribution in [1.82, 2.24) is 4.90 Å². The molecule has 26 heavy (non-hydrogen) atoms. The number of benzene rings is 2. The lowest BCUT2D eigenvalue weighted by Gasteiger charge is -2.25. The topological polar surface area (TPSA) is 36.7 Å². The van der Waals surface area contributed by atoms with Gasteiger partial charge < -0.3 is 9.32 Å². The number of para-hydroxylation sites is 1. The molecule has 0 saturated carbocycles. The minimum Gasteiger partial charge on any atom is -0.465 e. The van der Waals surface area contributed by atoms with Crippen molar-refractivity contribution in [2.75, 3.05) is 18.5 Å². The molecular formula is C22H24N2O2. The highest BCUT2D eigenvalue weighted by molar-refractivity contribution is 5.94. The number of hydrogen-bond acceptors (Lipinski definition) is 3. The average molecular weight is 348 g/mol. The summed E-state index contributed by atoms with van der Waals surface area (Å²) >= 11 is 0. The summed E-state index contributed by atoms with van der Waals surface area (Å²) in [7, 11) is 1.93. The molecule has 0 unspecified atom stereocenters. The normalized spacial score (nSPS) is 10.9. The van der Waals surface area contributed by atoms with E-state index < -0.39 is 0 Å². The van der Waals surface area contributed by atoms with Crippen LogP contribution >= 0.6 is 0 Å². The first-order valence-electron chi connectivity index (χ1n) is 8.75. The fourth-order valence-electron chi connectivity index (χ4n) is 2.91. The number of aryl methyl sites for hydroxylation is 1. The van der Waals surface area contributed by atoms with Crippen molar-refractivity contribution in [2.45, 2.75) is 20.0 Å². The Morgan fingerprint density at radius 3 is 2.15 bits per heavy atom. The van der Waals surface area contributed by atoms with Crippen LogP contribution in [0.4, 0.5) is 5.69 Å². The van der Waals surface area contributed by atoms with Crippen LogP contribution in [0.5, 0.6) is 0 Å². The van der Waals surface area contributed by atoms with E-state index in [2.05, 4.69) is 0 Å². The van der Waals surface area contributed by atoms with Crippen LogP contribution in [-0.2, 0) is 17.9 Å². The Morgan fingerprint density at radius 2 is 1.54 bits per heavy atom. The Morgan fingerprint density at radius 1 is 0.885 bits per heavy atom. The predicted molar refractivity (Wildman–Crippen MR) is 104 cm³/mol. The van der Waals surface area contributed by atoms with Gasteiger partial charge in [-0.25, -0.2) is 0 Å². The molecule has 3 aromatic rings. The van der Waals surface area contributed by atoms with E-state index in [1.165, 1.54) is 0 Å². The number of carbonyl (C=O) groups is 1. The molecule has 0 saturated heterocycles. The van der Waals surface area contributed by atoms with Gasteiger partial charge >= 0.3 is 0 Å². The molecule has 0 atom stereocenters. The maximum Gasteiger partial charge on any atom is 0.241 e. The summed E-state index contributed by atoms with van der Waals surface area (Å²) in [5, 5.41) is 0. The number of amides is 1. The van der Waals surface area contributed by atoms with Gasteiger partial charge in [-0.1, -0.05) is 48.5 Å². The molecular weight excluding hydrogens is 324 g/mol. The van der Waals surface area contributed by atoms with Crippen LogP contribution in [0, 0.1) is 6.92 Å². The molecule has 0 aliphatic carbocycles. The van der Waals surface area contributed by atoms with Crippen molar-refractivity contribution in [3.63, 3.8) is 0 Å². The van der Waals surface area contributed by atoms with Gasteiger partial charge in [0.05, 0.1) is 19.6 Å². The minimum absolute atomic E-state index is 0.0610. The molecule has 0 spiro atoms. The van der Waals surface area contributed by atoms with Crippen molar-refractivity contribution in [3.8, 4) is 0 Å². The maximum absolute atomic E-state index is 13.0. The third-order valence-electron chi connectivity index (χ3n) is 4.18. The molecule has 4 nitrogen and oxygen atoms in total. The number of anilines is 1. The Labute approximate surface area is 154 Å². The van der Waals surface area contributed by atoms with E-state index in [9.17, 15) is 4.79 Å². The van der Waals surface area contributed by atoms with E-state index in [1.807, 2.05) is 96.6 Å². The minimum atomic E-state index is 0.0610. The van der Waals surface area contributed by atoms with E-state index in [0.29, 0.717) is 19.6 Å². The second-order valence-corrected chi connectivity index (χ2v) is 6.49. The van der Waals surface area contributed by atoms with Crippen LogP contribution < -0.4 is 4.90 Å². The molecule has 0 N–H and O–H groups in total. The van der Waals surface area contributed by atoms with Crippen molar-refractivity contribution in [2.24, 2.45) is 0 Å². The number of likely N-dealkylation sites (N-methyl/N-ethyl adjacent to an activating group) is 1. The molecule has 4 heteroatoms. The zero-order chi connectivity index (χ0) is 18.4. The smallest absolute Gasteiger partial charge is 0.241 e. The van der Waals surface area contributed by atoms with Gasteiger partial charge in [0.1, 0.15) is 11.5 Å². The molecule has 1 amide bonds.